The smallest absolute Gasteiger partial charge is 0.432 e. The summed E-state index contributed by atoms with van der Waals surface area (Å²) in [6.07, 6.45) is -3.60. The number of nitrogens with one attached hydrogen (secondary N) is 1. The summed E-state index contributed by atoms with van der Waals surface area (Å²) in [6.45, 7) is 3.36. The Balaban J connectivity index is 1.96. The Labute approximate surface area is 141 Å². The Morgan fingerprint density at radius 3 is 2.52 bits per heavy atom. The van der Waals surface area contributed by atoms with E-state index in [0.717, 1.165) is 6.07 Å². The zero-order valence-electron chi connectivity index (χ0n) is 13.6. The molecule has 1 aromatic carbocycles. The second kappa shape index (κ2) is 5.80. The van der Waals surface area contributed by atoms with Gasteiger partial charge in [-0.1, -0.05) is 0 Å². The number of H-pyrrole nitrogens is 1. The molecule has 0 saturated carbocycles. The Bertz CT molecular complexity index is 904. The minimum absolute atomic E-state index is 0.00836. The fourth-order valence-electron chi connectivity index (χ4n) is 2.51. The number of fused-ring (bicyclic) bond motifs is 1. The quantitative estimate of drug-likeness (QED) is 0.654. The van der Waals surface area contributed by atoms with Gasteiger partial charge in [0, 0.05) is 12.0 Å². The van der Waals surface area contributed by atoms with Crippen molar-refractivity contribution < 1.29 is 27.8 Å². The molecular formula is C17H17F3N2O3. The second-order valence-corrected chi connectivity index (χ2v) is 6.56. The zero-order chi connectivity index (χ0) is 18.4. The molecule has 2 heterocycles. The number of phenolic OH excluding ortho intramolecular Hbond substituents is 1. The first-order valence-corrected chi connectivity index (χ1v) is 7.64. The van der Waals surface area contributed by atoms with E-state index in [1.165, 1.54) is 6.07 Å². The molecule has 0 atom stereocenters. The normalized spacial score (nSPS) is 12.9. The van der Waals surface area contributed by atoms with E-state index in [1.807, 2.05) is 5.10 Å². The van der Waals surface area contributed by atoms with Gasteiger partial charge in [-0.15, -0.1) is 0 Å². The maximum atomic E-state index is 12.7. The number of halogens is 3. The molecular weight excluding hydrogens is 337 g/mol. The van der Waals surface area contributed by atoms with Gasteiger partial charge in [-0.2, -0.15) is 18.3 Å². The number of furan rings is 1. The number of aryl methyl sites for hydroxylation is 1. The molecule has 5 nitrogen and oxygen atoms in total. The van der Waals surface area contributed by atoms with E-state index in [4.69, 9.17) is 4.42 Å². The van der Waals surface area contributed by atoms with E-state index >= 15 is 0 Å². The van der Waals surface area contributed by atoms with Gasteiger partial charge < -0.3 is 14.6 Å². The number of benzene rings is 1. The Morgan fingerprint density at radius 2 is 1.92 bits per heavy atom. The van der Waals surface area contributed by atoms with E-state index in [2.05, 4.69) is 5.10 Å². The number of aromatic amines is 1. The number of nitrogens with zero attached hydrogens (tertiary/aromatic N) is 1. The van der Waals surface area contributed by atoms with Crippen LogP contribution in [0.5, 0.6) is 5.75 Å². The fraction of sp³-hybridized carbons (Fsp3) is 0.353. The molecule has 0 unspecified atom stereocenters. The van der Waals surface area contributed by atoms with Crippen LogP contribution in [-0.2, 0) is 12.6 Å². The van der Waals surface area contributed by atoms with Crippen LogP contribution in [0.3, 0.4) is 0 Å². The second-order valence-electron chi connectivity index (χ2n) is 6.56. The molecule has 0 amide bonds. The third-order valence-electron chi connectivity index (χ3n) is 3.87. The van der Waals surface area contributed by atoms with Gasteiger partial charge in [-0.25, -0.2) is 0 Å². The summed E-state index contributed by atoms with van der Waals surface area (Å²) in [5, 5.41) is 26.1. The minimum Gasteiger partial charge on any atom is -0.506 e. The molecule has 0 saturated heterocycles. The van der Waals surface area contributed by atoms with Gasteiger partial charge in [-0.05, 0) is 44.5 Å². The van der Waals surface area contributed by atoms with Gasteiger partial charge in [0.15, 0.2) is 0 Å². The van der Waals surface area contributed by atoms with Gasteiger partial charge in [0.25, 0.3) is 0 Å². The summed E-state index contributed by atoms with van der Waals surface area (Å²) in [5.74, 6) is 0.374. The Hall–Kier alpha value is -2.48. The Morgan fingerprint density at radius 1 is 1.20 bits per heavy atom. The van der Waals surface area contributed by atoms with E-state index in [-0.39, 0.29) is 17.0 Å². The molecule has 0 radical (unpaired) electrons. The van der Waals surface area contributed by atoms with Crippen molar-refractivity contribution in [1.82, 2.24) is 10.2 Å². The van der Waals surface area contributed by atoms with Crippen LogP contribution in [0.2, 0.25) is 0 Å². The summed E-state index contributed by atoms with van der Waals surface area (Å²) in [6, 6.07) is 5.49. The highest BCUT2D eigenvalue weighted by atomic mass is 19.4. The zero-order valence-corrected chi connectivity index (χ0v) is 13.6. The predicted octanol–water partition coefficient (Wildman–Crippen LogP) is 4.25. The molecule has 0 spiro atoms. The molecule has 3 rings (SSSR count). The van der Waals surface area contributed by atoms with Gasteiger partial charge in [-0.3, -0.25) is 5.10 Å². The summed E-state index contributed by atoms with van der Waals surface area (Å²) in [4.78, 5) is 0. The lowest BCUT2D eigenvalue weighted by Gasteiger charge is -2.15. The maximum Gasteiger partial charge on any atom is 0.432 e. The Kier molecular flexibility index (Phi) is 4.03. The molecule has 0 bridgehead atoms. The summed E-state index contributed by atoms with van der Waals surface area (Å²) < 4.78 is 43.7. The van der Waals surface area contributed by atoms with Crippen LogP contribution in [-0.4, -0.2) is 26.0 Å². The van der Waals surface area contributed by atoms with Crippen LogP contribution < -0.4 is 0 Å². The summed E-state index contributed by atoms with van der Waals surface area (Å²) in [5.41, 5.74) is -1.26. The van der Waals surface area contributed by atoms with Crippen LogP contribution in [0.1, 0.15) is 31.7 Å². The number of aromatic nitrogens is 2. The van der Waals surface area contributed by atoms with Crippen LogP contribution in [0.15, 0.2) is 28.7 Å². The molecule has 8 heteroatoms. The van der Waals surface area contributed by atoms with Crippen molar-refractivity contribution in [2.45, 2.75) is 38.5 Å². The van der Waals surface area contributed by atoms with Crippen LogP contribution in [0, 0.1) is 0 Å². The fourth-order valence-corrected chi connectivity index (χ4v) is 2.51. The number of alkyl halides is 3. The third kappa shape index (κ3) is 3.63. The van der Waals surface area contributed by atoms with Crippen molar-refractivity contribution in [3.63, 3.8) is 0 Å². The van der Waals surface area contributed by atoms with Gasteiger partial charge in [0.05, 0.1) is 16.7 Å². The first-order chi connectivity index (χ1) is 11.5. The standard InChI is InChI=1S/C17H17F3N2O3/c1-16(2,24)6-5-9-7-11-13(25-9)4-3-10(15(11)23)12-8-14(22-21-12)17(18,19)20/h3-4,7-8,23-24H,5-6H2,1-2H3,(H,21,22). The molecule has 25 heavy (non-hydrogen) atoms. The van der Waals surface area contributed by atoms with Crippen molar-refractivity contribution in [3.8, 4) is 17.0 Å². The molecule has 3 N–H and O–H groups in total. The highest BCUT2D eigenvalue weighted by Crippen LogP contribution is 2.38. The number of aliphatic hydroxyl groups is 1. The van der Waals surface area contributed by atoms with Crippen molar-refractivity contribution in [2.24, 2.45) is 0 Å². The summed E-state index contributed by atoms with van der Waals surface area (Å²) >= 11 is 0. The highest BCUT2D eigenvalue weighted by Gasteiger charge is 2.33. The third-order valence-corrected chi connectivity index (χ3v) is 3.87. The monoisotopic (exact) mass is 354 g/mol. The van der Waals surface area contributed by atoms with E-state index in [9.17, 15) is 23.4 Å². The van der Waals surface area contributed by atoms with Gasteiger partial charge >= 0.3 is 6.18 Å². The minimum atomic E-state index is -4.54. The number of hydrogen-bond acceptors (Lipinski definition) is 4. The molecule has 2 aromatic heterocycles. The van der Waals surface area contributed by atoms with E-state index < -0.39 is 17.5 Å². The van der Waals surface area contributed by atoms with Crippen molar-refractivity contribution in [3.05, 3.63) is 35.7 Å². The number of phenols is 1. The van der Waals surface area contributed by atoms with Gasteiger partial charge in [0.1, 0.15) is 22.8 Å². The topological polar surface area (TPSA) is 82.3 Å². The molecule has 134 valence electrons. The number of rotatable bonds is 4. The maximum absolute atomic E-state index is 12.7. The van der Waals surface area contributed by atoms with Crippen molar-refractivity contribution in [2.75, 3.05) is 0 Å². The first kappa shape index (κ1) is 17.3. The molecule has 0 aliphatic carbocycles. The number of hydrogen-bond donors (Lipinski definition) is 3. The largest absolute Gasteiger partial charge is 0.506 e. The number of aromatic hydroxyl groups is 1. The average Bonchev–Trinajstić information content (AvgIpc) is 3.11. The molecule has 0 aliphatic rings. The van der Waals surface area contributed by atoms with E-state index in [0.29, 0.717) is 29.6 Å². The van der Waals surface area contributed by atoms with Crippen molar-refractivity contribution in [1.29, 1.82) is 0 Å². The molecule has 0 fully saturated rings. The van der Waals surface area contributed by atoms with Crippen LogP contribution in [0.25, 0.3) is 22.2 Å². The molecule has 0 aliphatic heterocycles. The first-order valence-electron chi connectivity index (χ1n) is 7.64. The van der Waals surface area contributed by atoms with E-state index in [1.54, 1.807) is 26.0 Å². The lowest BCUT2D eigenvalue weighted by atomic mass is 10.0. The summed E-state index contributed by atoms with van der Waals surface area (Å²) in [7, 11) is 0. The van der Waals surface area contributed by atoms with Gasteiger partial charge in [0.2, 0.25) is 0 Å². The highest BCUT2D eigenvalue weighted by molar-refractivity contribution is 5.91. The van der Waals surface area contributed by atoms with Crippen molar-refractivity contribution >= 4 is 11.0 Å². The molecule has 3 aromatic rings. The average molecular weight is 354 g/mol. The lowest BCUT2D eigenvalue weighted by molar-refractivity contribution is -0.141. The lowest BCUT2D eigenvalue weighted by Crippen LogP contribution is -2.18. The van der Waals surface area contributed by atoms with Crippen LogP contribution in [0.4, 0.5) is 13.2 Å². The SMILES string of the molecule is CC(C)(O)CCc1cc2c(O)c(-c3cc(C(F)(F)F)[nH]n3)ccc2o1. The predicted molar refractivity (Wildman–Crippen MR) is 85.1 cm³/mol. The van der Waals surface area contributed by atoms with Crippen LogP contribution >= 0.6 is 0 Å².